The molecule has 0 aliphatic carbocycles. The zero-order valence-electron chi connectivity index (χ0n) is 11.9. The third-order valence-electron chi connectivity index (χ3n) is 3.21. The molecular formula is C17H18O4. The van der Waals surface area contributed by atoms with Crippen LogP contribution in [0.3, 0.4) is 0 Å². The SMILES string of the molecule is COc1ccc(COCC(C(=O)O)c2ccccc2)cc1. The fourth-order valence-corrected chi connectivity index (χ4v) is 2.01. The highest BCUT2D eigenvalue weighted by Gasteiger charge is 2.19. The fraction of sp³-hybridized carbons (Fsp3) is 0.235. The smallest absolute Gasteiger partial charge is 0.313 e. The summed E-state index contributed by atoms with van der Waals surface area (Å²) in [6.45, 7) is 0.520. The second-order valence-corrected chi connectivity index (χ2v) is 4.66. The van der Waals surface area contributed by atoms with Gasteiger partial charge in [-0.3, -0.25) is 4.79 Å². The molecule has 0 aliphatic heterocycles. The van der Waals surface area contributed by atoms with Gasteiger partial charge in [0.25, 0.3) is 0 Å². The van der Waals surface area contributed by atoms with Crippen LogP contribution in [-0.4, -0.2) is 24.8 Å². The molecule has 1 N–H and O–H groups in total. The third-order valence-corrected chi connectivity index (χ3v) is 3.21. The molecule has 0 heterocycles. The zero-order valence-corrected chi connectivity index (χ0v) is 11.9. The fourth-order valence-electron chi connectivity index (χ4n) is 2.01. The van der Waals surface area contributed by atoms with Crippen molar-refractivity contribution in [2.24, 2.45) is 0 Å². The first-order valence-corrected chi connectivity index (χ1v) is 6.69. The lowest BCUT2D eigenvalue weighted by Gasteiger charge is -2.13. The lowest BCUT2D eigenvalue weighted by Crippen LogP contribution is -2.17. The summed E-state index contributed by atoms with van der Waals surface area (Å²) in [5, 5.41) is 9.30. The standard InChI is InChI=1S/C17H18O4/c1-20-15-9-7-13(8-10-15)11-21-12-16(17(18)19)14-5-3-2-4-6-14/h2-10,16H,11-12H2,1H3,(H,18,19). The van der Waals surface area contributed by atoms with Gasteiger partial charge in [-0.05, 0) is 23.3 Å². The normalized spacial score (nSPS) is 11.9. The Kier molecular flexibility index (Phi) is 5.35. The van der Waals surface area contributed by atoms with Crippen molar-refractivity contribution >= 4 is 5.97 Å². The van der Waals surface area contributed by atoms with E-state index in [0.29, 0.717) is 6.61 Å². The van der Waals surface area contributed by atoms with Crippen LogP contribution in [0.15, 0.2) is 54.6 Å². The predicted octanol–water partition coefficient (Wildman–Crippen LogP) is 3.08. The van der Waals surface area contributed by atoms with Gasteiger partial charge in [-0.1, -0.05) is 42.5 Å². The maximum absolute atomic E-state index is 11.3. The predicted molar refractivity (Wildman–Crippen MR) is 79.5 cm³/mol. The van der Waals surface area contributed by atoms with Crippen LogP contribution in [0.25, 0.3) is 0 Å². The van der Waals surface area contributed by atoms with Gasteiger partial charge in [0, 0.05) is 0 Å². The number of hydrogen-bond donors (Lipinski definition) is 1. The topological polar surface area (TPSA) is 55.8 Å². The molecule has 0 spiro atoms. The number of carboxylic acids is 1. The van der Waals surface area contributed by atoms with E-state index in [2.05, 4.69) is 0 Å². The van der Waals surface area contributed by atoms with Gasteiger partial charge in [0.2, 0.25) is 0 Å². The van der Waals surface area contributed by atoms with Crippen LogP contribution in [0.1, 0.15) is 17.0 Å². The maximum Gasteiger partial charge on any atom is 0.313 e. The number of aliphatic carboxylic acids is 1. The van der Waals surface area contributed by atoms with Crippen LogP contribution in [-0.2, 0) is 16.1 Å². The molecule has 2 rings (SSSR count). The molecule has 0 bridgehead atoms. The minimum Gasteiger partial charge on any atom is -0.497 e. The molecule has 2 aromatic carbocycles. The Morgan fingerprint density at radius 2 is 1.76 bits per heavy atom. The van der Waals surface area contributed by atoms with Crippen molar-refractivity contribution in [1.82, 2.24) is 0 Å². The van der Waals surface area contributed by atoms with E-state index >= 15 is 0 Å². The summed E-state index contributed by atoms with van der Waals surface area (Å²) in [5.41, 5.74) is 1.73. The number of carbonyl (C=O) groups is 1. The minimum absolute atomic E-state index is 0.144. The molecule has 0 saturated heterocycles. The molecule has 2 aromatic rings. The second kappa shape index (κ2) is 7.45. The molecule has 0 amide bonds. The minimum atomic E-state index is -0.879. The molecule has 0 aromatic heterocycles. The van der Waals surface area contributed by atoms with E-state index in [1.54, 1.807) is 19.2 Å². The first kappa shape index (κ1) is 15.1. The Bertz CT molecular complexity index is 563. The molecule has 0 fully saturated rings. The highest BCUT2D eigenvalue weighted by Crippen LogP contribution is 2.17. The summed E-state index contributed by atoms with van der Waals surface area (Å²) in [7, 11) is 1.61. The van der Waals surface area contributed by atoms with Crippen LogP contribution in [0, 0.1) is 0 Å². The van der Waals surface area contributed by atoms with Gasteiger partial charge < -0.3 is 14.6 Å². The molecule has 0 radical (unpaired) electrons. The molecular weight excluding hydrogens is 268 g/mol. The second-order valence-electron chi connectivity index (χ2n) is 4.66. The monoisotopic (exact) mass is 286 g/mol. The number of benzene rings is 2. The van der Waals surface area contributed by atoms with Crippen molar-refractivity contribution in [3.05, 3.63) is 65.7 Å². The van der Waals surface area contributed by atoms with Crippen molar-refractivity contribution < 1.29 is 19.4 Å². The van der Waals surface area contributed by atoms with Gasteiger partial charge in [0.05, 0.1) is 20.3 Å². The van der Waals surface area contributed by atoms with E-state index in [-0.39, 0.29) is 6.61 Å². The summed E-state index contributed by atoms with van der Waals surface area (Å²) in [6.07, 6.45) is 0. The van der Waals surface area contributed by atoms with Gasteiger partial charge in [0.15, 0.2) is 0 Å². The Balaban J connectivity index is 1.92. The third kappa shape index (κ3) is 4.33. The number of hydrogen-bond acceptors (Lipinski definition) is 3. The van der Waals surface area contributed by atoms with E-state index in [4.69, 9.17) is 9.47 Å². The summed E-state index contributed by atoms with van der Waals surface area (Å²) in [5.74, 6) is -0.744. The molecule has 1 atom stereocenters. The lowest BCUT2D eigenvalue weighted by atomic mass is 10.0. The van der Waals surface area contributed by atoms with Gasteiger partial charge >= 0.3 is 5.97 Å². The van der Waals surface area contributed by atoms with Crippen molar-refractivity contribution in [2.75, 3.05) is 13.7 Å². The summed E-state index contributed by atoms with van der Waals surface area (Å²) >= 11 is 0. The molecule has 4 nitrogen and oxygen atoms in total. The van der Waals surface area contributed by atoms with E-state index in [1.807, 2.05) is 42.5 Å². The molecule has 21 heavy (non-hydrogen) atoms. The summed E-state index contributed by atoms with van der Waals surface area (Å²) in [4.78, 5) is 11.3. The Hall–Kier alpha value is -2.33. The van der Waals surface area contributed by atoms with Gasteiger partial charge in [-0.25, -0.2) is 0 Å². The van der Waals surface area contributed by atoms with E-state index in [9.17, 15) is 9.90 Å². The Morgan fingerprint density at radius 3 is 2.33 bits per heavy atom. The lowest BCUT2D eigenvalue weighted by molar-refractivity contribution is -0.140. The molecule has 0 saturated carbocycles. The quantitative estimate of drug-likeness (QED) is 0.850. The van der Waals surface area contributed by atoms with Crippen molar-refractivity contribution in [3.8, 4) is 5.75 Å². The number of rotatable bonds is 7. The van der Waals surface area contributed by atoms with E-state index in [0.717, 1.165) is 16.9 Å². The van der Waals surface area contributed by atoms with Gasteiger partial charge in [0.1, 0.15) is 11.7 Å². The van der Waals surface area contributed by atoms with E-state index < -0.39 is 11.9 Å². The van der Waals surface area contributed by atoms with E-state index in [1.165, 1.54) is 0 Å². The Labute approximate surface area is 123 Å². The highest BCUT2D eigenvalue weighted by atomic mass is 16.5. The highest BCUT2D eigenvalue weighted by molar-refractivity contribution is 5.76. The van der Waals surface area contributed by atoms with Gasteiger partial charge in [-0.15, -0.1) is 0 Å². The van der Waals surface area contributed by atoms with Crippen LogP contribution in [0.5, 0.6) is 5.75 Å². The molecule has 1 unspecified atom stereocenters. The van der Waals surface area contributed by atoms with Crippen molar-refractivity contribution in [2.45, 2.75) is 12.5 Å². The molecule has 110 valence electrons. The Morgan fingerprint density at radius 1 is 1.10 bits per heavy atom. The van der Waals surface area contributed by atoms with Crippen LogP contribution in [0.4, 0.5) is 0 Å². The first-order chi connectivity index (χ1) is 10.2. The average molecular weight is 286 g/mol. The average Bonchev–Trinajstić information content (AvgIpc) is 2.52. The van der Waals surface area contributed by atoms with Crippen LogP contribution < -0.4 is 4.74 Å². The van der Waals surface area contributed by atoms with Crippen LogP contribution in [0.2, 0.25) is 0 Å². The summed E-state index contributed by atoms with van der Waals surface area (Å²) < 4.78 is 10.6. The first-order valence-electron chi connectivity index (χ1n) is 6.69. The molecule has 4 heteroatoms. The number of methoxy groups -OCH3 is 1. The van der Waals surface area contributed by atoms with Crippen molar-refractivity contribution in [1.29, 1.82) is 0 Å². The van der Waals surface area contributed by atoms with Gasteiger partial charge in [-0.2, -0.15) is 0 Å². The van der Waals surface area contributed by atoms with Crippen LogP contribution >= 0.6 is 0 Å². The largest absolute Gasteiger partial charge is 0.497 e. The number of ether oxygens (including phenoxy) is 2. The maximum atomic E-state index is 11.3. The number of carboxylic acid groups (broad SMARTS) is 1. The molecule has 0 aliphatic rings. The zero-order chi connectivity index (χ0) is 15.1. The summed E-state index contributed by atoms with van der Waals surface area (Å²) in [6, 6.07) is 16.6. The van der Waals surface area contributed by atoms with Crippen molar-refractivity contribution in [3.63, 3.8) is 0 Å².